The van der Waals surface area contributed by atoms with Crippen molar-refractivity contribution < 1.29 is 9.53 Å². The predicted molar refractivity (Wildman–Crippen MR) is 105 cm³/mol. The van der Waals surface area contributed by atoms with Gasteiger partial charge >= 0.3 is 0 Å². The number of allylic oxidation sites excluding steroid dienone is 2. The van der Waals surface area contributed by atoms with Gasteiger partial charge in [-0.25, -0.2) is 0 Å². The molecule has 4 nitrogen and oxygen atoms in total. The van der Waals surface area contributed by atoms with Crippen molar-refractivity contribution in [3.05, 3.63) is 42.6 Å². The highest BCUT2D eigenvalue weighted by Gasteiger charge is 2.32. The van der Waals surface area contributed by atoms with Crippen molar-refractivity contribution in [1.29, 1.82) is 0 Å². The number of likely N-dealkylation sites (N-methyl/N-ethyl adjacent to an activating group) is 1. The zero-order valence-corrected chi connectivity index (χ0v) is 15.9. The normalized spacial score (nSPS) is 17.5. The number of anilines is 2. The number of carbonyl (C=O) groups is 1. The third kappa shape index (κ3) is 4.65. The molecule has 0 radical (unpaired) electrons. The molecule has 1 N–H and O–H groups in total. The fraction of sp³-hybridized carbons (Fsp3) is 0.476. The molecular formula is C21H30N2O2. The van der Waals surface area contributed by atoms with Crippen LogP contribution in [-0.2, 0) is 4.79 Å². The lowest BCUT2D eigenvalue weighted by atomic mass is 9.98. The Morgan fingerprint density at radius 3 is 2.64 bits per heavy atom. The number of nitrogens with one attached hydrogen (secondary N) is 1. The molecule has 1 aromatic rings. The van der Waals surface area contributed by atoms with E-state index in [-0.39, 0.29) is 5.91 Å². The number of carbonyl (C=O) groups excluding carboxylic acids is 1. The number of rotatable bonds is 8. The maximum Gasteiger partial charge on any atom is 0.268 e. The third-order valence-electron chi connectivity index (χ3n) is 4.36. The summed E-state index contributed by atoms with van der Waals surface area (Å²) in [6.07, 6.45) is 2.15. The van der Waals surface area contributed by atoms with Gasteiger partial charge in [-0.1, -0.05) is 26.0 Å². The van der Waals surface area contributed by atoms with Crippen molar-refractivity contribution in [2.45, 2.75) is 53.1 Å². The Balaban J connectivity index is 2.11. The summed E-state index contributed by atoms with van der Waals surface area (Å²) in [5.41, 5.74) is 3.94. The van der Waals surface area contributed by atoms with Gasteiger partial charge in [-0.3, -0.25) is 4.79 Å². The Hall–Kier alpha value is -2.23. The fourth-order valence-electron chi connectivity index (χ4n) is 3.33. The first kappa shape index (κ1) is 19.1. The first-order valence-corrected chi connectivity index (χ1v) is 9.06. The van der Waals surface area contributed by atoms with Crippen molar-refractivity contribution in [1.82, 2.24) is 0 Å². The lowest BCUT2D eigenvalue weighted by Crippen LogP contribution is -2.45. The number of amides is 1. The molecule has 4 heteroatoms. The highest BCUT2D eigenvalue weighted by molar-refractivity contribution is 6.00. The van der Waals surface area contributed by atoms with Crippen molar-refractivity contribution >= 4 is 17.3 Å². The Kier molecular flexibility index (Phi) is 6.29. The first-order chi connectivity index (χ1) is 11.8. The molecule has 0 aromatic heterocycles. The molecule has 25 heavy (non-hydrogen) atoms. The van der Waals surface area contributed by atoms with E-state index < -0.39 is 6.10 Å². The molecule has 2 rings (SSSR count). The van der Waals surface area contributed by atoms with Crippen molar-refractivity contribution in [3.8, 4) is 5.75 Å². The number of hydrogen-bond donors (Lipinski definition) is 1. The maximum atomic E-state index is 12.4. The lowest BCUT2D eigenvalue weighted by Gasteiger charge is -2.33. The average Bonchev–Trinajstić information content (AvgIpc) is 2.53. The van der Waals surface area contributed by atoms with E-state index in [0.29, 0.717) is 18.9 Å². The number of hydrogen-bond acceptors (Lipinski definition) is 3. The summed E-state index contributed by atoms with van der Waals surface area (Å²) in [5, 5.41) is 3.37. The minimum Gasteiger partial charge on any atom is -0.478 e. The van der Waals surface area contributed by atoms with Crippen LogP contribution in [0.3, 0.4) is 0 Å². The summed E-state index contributed by atoms with van der Waals surface area (Å²) in [5.74, 6) is 1.29. The summed E-state index contributed by atoms with van der Waals surface area (Å²) in [6, 6.07) is 5.87. The zero-order valence-electron chi connectivity index (χ0n) is 15.9. The molecule has 0 spiro atoms. The van der Waals surface area contributed by atoms with E-state index >= 15 is 0 Å². The van der Waals surface area contributed by atoms with Crippen molar-refractivity contribution in [2.24, 2.45) is 5.92 Å². The van der Waals surface area contributed by atoms with Gasteiger partial charge in [0, 0.05) is 24.0 Å². The van der Waals surface area contributed by atoms with Gasteiger partial charge in [0.25, 0.3) is 5.91 Å². The smallest absolute Gasteiger partial charge is 0.268 e. The van der Waals surface area contributed by atoms with Crippen LogP contribution in [0.2, 0.25) is 0 Å². The van der Waals surface area contributed by atoms with Gasteiger partial charge < -0.3 is 15.0 Å². The van der Waals surface area contributed by atoms with E-state index in [4.69, 9.17) is 4.74 Å². The quantitative estimate of drug-likeness (QED) is 0.666. The van der Waals surface area contributed by atoms with Gasteiger partial charge in [0.05, 0.1) is 5.69 Å². The van der Waals surface area contributed by atoms with E-state index in [0.717, 1.165) is 35.7 Å². The molecule has 0 bridgehead atoms. The van der Waals surface area contributed by atoms with Crippen LogP contribution in [0.25, 0.3) is 0 Å². The number of fused-ring (bicyclic) bond motifs is 1. The molecule has 1 amide bonds. The van der Waals surface area contributed by atoms with Crippen LogP contribution in [0, 0.1) is 5.92 Å². The van der Waals surface area contributed by atoms with E-state index in [1.807, 2.05) is 32.0 Å². The SMILES string of the molecule is C=C(C)CC(C)CC(=C)Nc1ccc2c(c1)OC(CC)C(=O)N2CC. The monoisotopic (exact) mass is 342 g/mol. The minimum atomic E-state index is -0.401. The number of nitrogens with zero attached hydrogens (tertiary/aromatic N) is 1. The van der Waals surface area contributed by atoms with Crippen LogP contribution in [0.5, 0.6) is 5.75 Å². The standard InChI is InChI=1S/C21H30N2O2/c1-7-19-21(24)23(8-2)18-10-9-17(13-20(18)25-19)22-16(6)12-15(5)11-14(3)4/h9-10,13,15,19,22H,3,6-8,11-12H2,1-2,4-5H3. The van der Waals surface area contributed by atoms with Crippen LogP contribution in [0.15, 0.2) is 42.6 Å². The summed E-state index contributed by atoms with van der Waals surface area (Å²) < 4.78 is 5.91. The predicted octanol–water partition coefficient (Wildman–Crippen LogP) is 5.13. The van der Waals surface area contributed by atoms with E-state index in [2.05, 4.69) is 32.3 Å². The van der Waals surface area contributed by atoms with E-state index in [9.17, 15) is 4.79 Å². The summed E-state index contributed by atoms with van der Waals surface area (Å²) in [4.78, 5) is 14.2. The van der Waals surface area contributed by atoms with Gasteiger partial charge in [0.1, 0.15) is 5.75 Å². The van der Waals surface area contributed by atoms with Gasteiger partial charge in [0.2, 0.25) is 0 Å². The Morgan fingerprint density at radius 1 is 1.32 bits per heavy atom. The summed E-state index contributed by atoms with van der Waals surface area (Å²) in [6.45, 7) is 17.0. The van der Waals surface area contributed by atoms with Crippen LogP contribution >= 0.6 is 0 Å². The molecule has 2 atom stereocenters. The highest BCUT2D eigenvalue weighted by atomic mass is 16.5. The number of benzene rings is 1. The second-order valence-corrected chi connectivity index (χ2v) is 6.98. The average molecular weight is 342 g/mol. The molecular weight excluding hydrogens is 312 g/mol. The molecule has 0 fully saturated rings. The lowest BCUT2D eigenvalue weighted by molar-refractivity contribution is -0.126. The molecule has 0 aliphatic carbocycles. The Bertz CT molecular complexity index is 666. The molecule has 136 valence electrons. The molecule has 1 heterocycles. The Labute approximate surface area is 151 Å². The van der Waals surface area contributed by atoms with Gasteiger partial charge in [-0.15, -0.1) is 6.58 Å². The van der Waals surface area contributed by atoms with Crippen LogP contribution in [0.1, 0.15) is 47.0 Å². The largest absolute Gasteiger partial charge is 0.478 e. The van der Waals surface area contributed by atoms with Crippen molar-refractivity contribution in [3.63, 3.8) is 0 Å². The van der Waals surface area contributed by atoms with E-state index in [1.165, 1.54) is 5.57 Å². The molecule has 2 unspecified atom stereocenters. The number of ether oxygens (including phenoxy) is 1. The van der Waals surface area contributed by atoms with Gasteiger partial charge in [-0.05, 0) is 51.2 Å². The fourth-order valence-corrected chi connectivity index (χ4v) is 3.33. The van der Waals surface area contributed by atoms with E-state index in [1.54, 1.807) is 4.90 Å². The summed E-state index contributed by atoms with van der Waals surface area (Å²) >= 11 is 0. The zero-order chi connectivity index (χ0) is 18.6. The first-order valence-electron chi connectivity index (χ1n) is 9.06. The molecule has 1 aromatic carbocycles. The van der Waals surface area contributed by atoms with Gasteiger partial charge in [-0.2, -0.15) is 0 Å². The molecule has 0 saturated heterocycles. The summed E-state index contributed by atoms with van der Waals surface area (Å²) in [7, 11) is 0. The van der Waals surface area contributed by atoms with Crippen LogP contribution in [0.4, 0.5) is 11.4 Å². The van der Waals surface area contributed by atoms with Crippen molar-refractivity contribution in [2.75, 3.05) is 16.8 Å². The second kappa shape index (κ2) is 8.24. The van der Waals surface area contributed by atoms with Gasteiger partial charge in [0.15, 0.2) is 6.10 Å². The topological polar surface area (TPSA) is 41.6 Å². The molecule has 1 aliphatic rings. The second-order valence-electron chi connectivity index (χ2n) is 6.98. The third-order valence-corrected chi connectivity index (χ3v) is 4.36. The molecule has 0 saturated carbocycles. The molecule has 1 aliphatic heterocycles. The highest BCUT2D eigenvalue weighted by Crippen LogP contribution is 2.37. The van der Waals surface area contributed by atoms with Crippen LogP contribution in [-0.4, -0.2) is 18.6 Å². The van der Waals surface area contributed by atoms with Crippen LogP contribution < -0.4 is 15.0 Å². The minimum absolute atomic E-state index is 0.0382. The maximum absolute atomic E-state index is 12.4. The Morgan fingerprint density at radius 2 is 2.04 bits per heavy atom.